The molecule has 1 aliphatic rings. The van der Waals surface area contributed by atoms with E-state index in [0.29, 0.717) is 11.6 Å². The normalized spacial score (nSPS) is 19.6. The van der Waals surface area contributed by atoms with Gasteiger partial charge in [0.1, 0.15) is 5.65 Å². The van der Waals surface area contributed by atoms with Crippen molar-refractivity contribution in [2.45, 2.75) is 50.4 Å². The number of aromatic nitrogens is 2. The van der Waals surface area contributed by atoms with Gasteiger partial charge in [-0.2, -0.15) is 13.2 Å². The molecule has 0 atom stereocenters. The number of anilines is 1. The first-order valence-corrected chi connectivity index (χ1v) is 9.82. The van der Waals surface area contributed by atoms with Gasteiger partial charge >= 0.3 is 6.18 Å². The Bertz CT molecular complexity index is 1070. The van der Waals surface area contributed by atoms with Gasteiger partial charge in [0.25, 0.3) is 0 Å². The largest absolute Gasteiger partial charge is 0.394 e. The Morgan fingerprint density at radius 2 is 1.83 bits per heavy atom. The summed E-state index contributed by atoms with van der Waals surface area (Å²) in [6.07, 6.45) is 0.503. The molecular weight excluding hydrogens is 393 g/mol. The van der Waals surface area contributed by atoms with Crippen molar-refractivity contribution in [3.05, 3.63) is 59.8 Å². The summed E-state index contributed by atoms with van der Waals surface area (Å²) in [5.74, 6) is 0. The summed E-state index contributed by atoms with van der Waals surface area (Å²) in [5, 5.41) is 13.1. The average Bonchev–Trinajstić information content (AvgIpc) is 3.11. The molecule has 0 saturated heterocycles. The predicted octanol–water partition coefficient (Wildman–Crippen LogP) is 5.37. The molecule has 156 valence electrons. The van der Waals surface area contributed by atoms with Crippen molar-refractivity contribution in [3.8, 4) is 11.1 Å². The molecule has 0 aliphatic heterocycles. The van der Waals surface area contributed by atoms with Crippen LogP contribution in [0.4, 0.5) is 24.5 Å². The summed E-state index contributed by atoms with van der Waals surface area (Å²) in [4.78, 5) is 7.63. The quantitative estimate of drug-likeness (QED) is 0.564. The molecule has 0 spiro atoms. The molecule has 8 heteroatoms. The van der Waals surface area contributed by atoms with E-state index in [2.05, 4.69) is 15.1 Å². The molecule has 2 N–H and O–H groups in total. The maximum atomic E-state index is 12.8. The molecule has 3 aromatic rings. The van der Waals surface area contributed by atoms with E-state index in [1.165, 1.54) is 16.8 Å². The molecule has 0 radical (unpaired) electrons. The lowest BCUT2D eigenvalue weighted by atomic mass is 9.93. The van der Waals surface area contributed by atoms with Crippen molar-refractivity contribution in [2.75, 3.05) is 5.32 Å². The van der Waals surface area contributed by atoms with Crippen LogP contribution in [0.5, 0.6) is 0 Å². The van der Waals surface area contributed by atoms with Crippen molar-refractivity contribution < 1.29 is 18.3 Å². The second-order valence-electron chi connectivity index (χ2n) is 7.65. The van der Waals surface area contributed by atoms with Crippen LogP contribution in [0.25, 0.3) is 21.6 Å². The van der Waals surface area contributed by atoms with Gasteiger partial charge in [0, 0.05) is 24.1 Å². The predicted molar refractivity (Wildman–Crippen MR) is 109 cm³/mol. The highest BCUT2D eigenvalue weighted by Gasteiger charge is 2.29. The highest BCUT2D eigenvalue weighted by Crippen LogP contribution is 2.35. The zero-order valence-electron chi connectivity index (χ0n) is 16.2. The van der Waals surface area contributed by atoms with Gasteiger partial charge in [-0.05, 0) is 55.0 Å². The zero-order chi connectivity index (χ0) is 21.3. The number of aliphatic hydroxyl groups is 1. The highest BCUT2D eigenvalue weighted by atomic mass is 19.4. The van der Waals surface area contributed by atoms with Crippen LogP contribution in [0.2, 0.25) is 0 Å². The summed E-state index contributed by atoms with van der Waals surface area (Å²) >= 11 is 0. The molecular formula is C22H21F3N4O. The van der Waals surface area contributed by atoms with Crippen LogP contribution in [0.15, 0.2) is 42.7 Å². The number of fused-ring (bicyclic) bond motifs is 1. The minimum Gasteiger partial charge on any atom is -0.393 e. The van der Waals surface area contributed by atoms with E-state index < -0.39 is 12.6 Å². The third-order valence-electron chi connectivity index (χ3n) is 5.49. The molecule has 1 aromatic carbocycles. The van der Waals surface area contributed by atoms with Gasteiger partial charge in [-0.15, -0.1) is 0 Å². The number of halogens is 3. The van der Waals surface area contributed by atoms with Crippen molar-refractivity contribution in [2.24, 2.45) is 0 Å². The van der Waals surface area contributed by atoms with Gasteiger partial charge in [-0.3, -0.25) is 0 Å². The van der Waals surface area contributed by atoms with Gasteiger partial charge < -0.3 is 14.8 Å². The Morgan fingerprint density at radius 1 is 1.13 bits per heavy atom. The lowest BCUT2D eigenvalue weighted by Crippen LogP contribution is -2.28. The van der Waals surface area contributed by atoms with Crippen molar-refractivity contribution >= 4 is 17.0 Å². The first-order valence-electron chi connectivity index (χ1n) is 9.82. The van der Waals surface area contributed by atoms with Crippen LogP contribution in [-0.4, -0.2) is 32.8 Å². The number of alkyl halides is 3. The minimum atomic E-state index is -4.34. The Kier molecular flexibility index (Phi) is 5.39. The zero-order valence-corrected chi connectivity index (χ0v) is 16.2. The smallest absolute Gasteiger partial charge is 0.393 e. The molecule has 0 unspecified atom stereocenters. The fourth-order valence-corrected chi connectivity index (χ4v) is 3.97. The topological polar surface area (TPSA) is 53.9 Å². The monoisotopic (exact) mass is 414 g/mol. The van der Waals surface area contributed by atoms with Crippen LogP contribution >= 0.6 is 0 Å². The second kappa shape index (κ2) is 8.00. The number of nitrogens with one attached hydrogen (secondary N) is 1. The van der Waals surface area contributed by atoms with Crippen molar-refractivity contribution in [1.82, 2.24) is 9.38 Å². The number of rotatable bonds is 4. The number of imidazole rings is 1. The number of pyridine rings is 1. The average molecular weight is 414 g/mol. The lowest BCUT2D eigenvalue weighted by molar-refractivity contribution is -0.127. The van der Waals surface area contributed by atoms with Crippen molar-refractivity contribution in [3.63, 3.8) is 0 Å². The molecule has 4 rings (SSSR count). The highest BCUT2D eigenvalue weighted by molar-refractivity contribution is 5.88. The van der Waals surface area contributed by atoms with Gasteiger partial charge in [0.2, 0.25) is 5.69 Å². The third kappa shape index (κ3) is 4.26. The van der Waals surface area contributed by atoms with E-state index in [4.69, 9.17) is 6.57 Å². The lowest BCUT2D eigenvalue weighted by Gasteiger charge is -2.27. The van der Waals surface area contributed by atoms with Crippen LogP contribution < -0.4 is 5.32 Å². The summed E-state index contributed by atoms with van der Waals surface area (Å²) in [6, 6.07) is 9.62. The van der Waals surface area contributed by atoms with E-state index in [0.717, 1.165) is 36.9 Å². The molecule has 2 aromatic heterocycles. The third-order valence-corrected chi connectivity index (χ3v) is 5.49. The number of nitrogens with zero attached hydrogens (tertiary/aromatic N) is 3. The fourth-order valence-electron chi connectivity index (χ4n) is 3.97. The van der Waals surface area contributed by atoms with Gasteiger partial charge in [-0.1, -0.05) is 12.1 Å². The van der Waals surface area contributed by atoms with E-state index in [1.54, 1.807) is 6.07 Å². The standard InChI is InChI=1S/C22H21F3N4O/c1-26-20-19(10-11-29-17(12-22(23,24)25)13-27-21(20)29)14-2-4-15(5-3-14)28-16-6-8-18(30)9-7-16/h2-5,10-11,13,16,18,28,30H,6-9,12H2. The van der Waals surface area contributed by atoms with Gasteiger partial charge in [0.15, 0.2) is 0 Å². The Labute approximate surface area is 172 Å². The number of hydrogen-bond donors (Lipinski definition) is 2. The number of aliphatic hydroxyl groups excluding tert-OH is 1. The molecule has 1 aliphatic carbocycles. The summed E-state index contributed by atoms with van der Waals surface area (Å²) in [7, 11) is 0. The van der Waals surface area contributed by atoms with Crippen LogP contribution in [0.3, 0.4) is 0 Å². The molecule has 1 fully saturated rings. The first-order chi connectivity index (χ1) is 14.3. The molecule has 30 heavy (non-hydrogen) atoms. The second-order valence-corrected chi connectivity index (χ2v) is 7.65. The maximum Gasteiger partial charge on any atom is 0.394 e. The molecule has 2 heterocycles. The maximum absolute atomic E-state index is 12.8. The van der Waals surface area contributed by atoms with E-state index >= 15 is 0 Å². The summed E-state index contributed by atoms with van der Waals surface area (Å²) in [6.45, 7) is 7.55. The van der Waals surface area contributed by atoms with Crippen LogP contribution in [0, 0.1) is 6.57 Å². The minimum absolute atomic E-state index is 0.00565. The Morgan fingerprint density at radius 3 is 2.47 bits per heavy atom. The molecule has 0 amide bonds. The Hall–Kier alpha value is -3.05. The number of benzene rings is 1. The van der Waals surface area contributed by atoms with Crippen LogP contribution in [-0.2, 0) is 6.42 Å². The molecule has 1 saturated carbocycles. The van der Waals surface area contributed by atoms with E-state index in [-0.39, 0.29) is 23.1 Å². The van der Waals surface area contributed by atoms with Crippen molar-refractivity contribution in [1.29, 1.82) is 0 Å². The Balaban J connectivity index is 1.59. The van der Waals surface area contributed by atoms with Gasteiger partial charge in [-0.25, -0.2) is 9.83 Å². The SMILES string of the molecule is [C-]#[N+]c1c(-c2ccc(NC3CCC(O)CC3)cc2)ccn2c(CC(F)(F)F)cnc12. The van der Waals surface area contributed by atoms with Crippen LogP contribution in [0.1, 0.15) is 31.4 Å². The summed E-state index contributed by atoms with van der Waals surface area (Å²) in [5.41, 5.74) is 2.85. The molecule has 0 bridgehead atoms. The fraction of sp³-hybridized carbons (Fsp3) is 0.364. The number of hydrogen-bond acceptors (Lipinski definition) is 3. The van der Waals surface area contributed by atoms with E-state index in [1.807, 2.05) is 24.3 Å². The molecule has 5 nitrogen and oxygen atoms in total. The van der Waals surface area contributed by atoms with E-state index in [9.17, 15) is 18.3 Å². The summed E-state index contributed by atoms with van der Waals surface area (Å²) < 4.78 is 39.7. The first kappa shape index (κ1) is 20.2. The van der Waals surface area contributed by atoms with Gasteiger partial charge in [0.05, 0.1) is 24.8 Å².